The first-order valence-electron chi connectivity index (χ1n) is 11.5. The average Bonchev–Trinajstić information content (AvgIpc) is 2.86. The Hall–Kier alpha value is -3.05. The van der Waals surface area contributed by atoms with Gasteiger partial charge in [-0.1, -0.05) is 17.7 Å². The first-order chi connectivity index (χ1) is 18.0. The van der Waals surface area contributed by atoms with Crippen molar-refractivity contribution in [2.75, 3.05) is 47.9 Å². The van der Waals surface area contributed by atoms with Gasteiger partial charge in [0.2, 0.25) is 5.82 Å². The van der Waals surface area contributed by atoms with Crippen molar-refractivity contribution in [1.82, 2.24) is 0 Å². The van der Waals surface area contributed by atoms with Gasteiger partial charge in [-0.2, -0.15) is 0 Å². The number of hydrogen-bond donors (Lipinski definition) is 1. The molecule has 4 rings (SSSR count). The third-order valence-corrected chi connectivity index (χ3v) is 6.97. The highest BCUT2D eigenvalue weighted by atomic mass is 79.9. The monoisotopic (exact) mass is 617 g/mol. The van der Waals surface area contributed by atoms with Crippen LogP contribution in [0.1, 0.15) is 11.1 Å². The number of nitrogens with zero attached hydrogens (tertiary/aromatic N) is 2. The second kappa shape index (κ2) is 11.4. The van der Waals surface area contributed by atoms with Crippen LogP contribution >= 0.6 is 27.5 Å². The lowest BCUT2D eigenvalue weighted by molar-refractivity contribution is -0.118. The van der Waals surface area contributed by atoms with Crippen molar-refractivity contribution < 1.29 is 31.5 Å². The summed E-state index contributed by atoms with van der Waals surface area (Å²) < 4.78 is 75.4. The summed E-state index contributed by atoms with van der Waals surface area (Å²) in [5.41, 5.74) is 2.03. The molecule has 12 heteroatoms. The van der Waals surface area contributed by atoms with Gasteiger partial charge in [0.25, 0.3) is 5.91 Å². The molecule has 5 nitrogen and oxygen atoms in total. The number of amides is 1. The summed E-state index contributed by atoms with van der Waals surface area (Å²) in [6.07, 6.45) is 0. The van der Waals surface area contributed by atoms with E-state index in [-0.39, 0.29) is 32.8 Å². The number of anilines is 3. The highest BCUT2D eigenvalue weighted by Crippen LogP contribution is 2.34. The fourth-order valence-electron chi connectivity index (χ4n) is 4.30. The van der Waals surface area contributed by atoms with Crippen LogP contribution in [0.25, 0.3) is 0 Å². The molecule has 38 heavy (non-hydrogen) atoms. The predicted molar refractivity (Wildman–Crippen MR) is 140 cm³/mol. The van der Waals surface area contributed by atoms with E-state index in [2.05, 4.69) is 21.2 Å². The van der Waals surface area contributed by atoms with Crippen LogP contribution in [0.4, 0.5) is 39.0 Å². The molecule has 0 unspecified atom stereocenters. The van der Waals surface area contributed by atoms with Crippen LogP contribution in [0, 0.1) is 42.9 Å². The molecule has 1 N–H and O–H groups in total. The molecule has 3 aromatic rings. The average molecular weight is 619 g/mol. The van der Waals surface area contributed by atoms with Crippen LogP contribution in [0.2, 0.25) is 5.02 Å². The van der Waals surface area contributed by atoms with Crippen molar-refractivity contribution in [3.8, 4) is 5.75 Å². The summed E-state index contributed by atoms with van der Waals surface area (Å²) in [6, 6.07) is 8.70. The van der Waals surface area contributed by atoms with E-state index in [9.17, 15) is 26.7 Å². The van der Waals surface area contributed by atoms with Gasteiger partial charge in [0.1, 0.15) is 11.4 Å². The van der Waals surface area contributed by atoms with Crippen LogP contribution < -0.4 is 19.9 Å². The van der Waals surface area contributed by atoms with Crippen molar-refractivity contribution in [3.63, 3.8) is 0 Å². The minimum Gasteiger partial charge on any atom is -0.482 e. The summed E-state index contributed by atoms with van der Waals surface area (Å²) in [4.78, 5) is 15.4. The van der Waals surface area contributed by atoms with Gasteiger partial charge in [-0.15, -0.1) is 0 Å². The van der Waals surface area contributed by atoms with Gasteiger partial charge >= 0.3 is 0 Å². The fraction of sp³-hybridized carbons (Fsp3) is 0.269. The van der Waals surface area contributed by atoms with Crippen LogP contribution in [0.5, 0.6) is 5.75 Å². The standard InChI is InChI=1S/C26H22BrClF5N3O2/c1-13-9-14(2)26(16(27)10-13)38-12-19(37)34-15-3-4-18(17(28)11-15)35-5-7-36(8-6-35)25-23(32)21(30)20(29)22(31)24(25)33/h3-4,9-11H,5-8,12H2,1-2H3,(H,34,37). The first-order valence-corrected chi connectivity index (χ1v) is 12.6. The highest BCUT2D eigenvalue weighted by molar-refractivity contribution is 9.10. The zero-order valence-corrected chi connectivity index (χ0v) is 22.6. The minimum atomic E-state index is -2.19. The quantitative estimate of drug-likeness (QED) is 0.188. The topological polar surface area (TPSA) is 44.8 Å². The Morgan fingerprint density at radius 2 is 1.50 bits per heavy atom. The van der Waals surface area contributed by atoms with Crippen LogP contribution in [-0.2, 0) is 4.79 Å². The number of ether oxygens (including phenoxy) is 1. The number of halogens is 7. The van der Waals surface area contributed by atoms with Crippen molar-refractivity contribution in [1.29, 1.82) is 0 Å². The number of hydrogen-bond acceptors (Lipinski definition) is 4. The zero-order valence-electron chi connectivity index (χ0n) is 20.3. The maximum Gasteiger partial charge on any atom is 0.262 e. The lowest BCUT2D eigenvalue weighted by Gasteiger charge is -2.38. The Kier molecular flexibility index (Phi) is 8.37. The van der Waals surface area contributed by atoms with Crippen LogP contribution in [0.3, 0.4) is 0 Å². The molecule has 1 fully saturated rings. The molecular weight excluding hydrogens is 597 g/mol. The largest absolute Gasteiger partial charge is 0.482 e. The smallest absolute Gasteiger partial charge is 0.262 e. The number of carbonyl (C=O) groups excluding carboxylic acids is 1. The molecule has 0 saturated carbocycles. The summed E-state index contributed by atoms with van der Waals surface area (Å²) in [7, 11) is 0. The second-order valence-corrected chi connectivity index (χ2v) is 10.0. The van der Waals surface area contributed by atoms with E-state index >= 15 is 0 Å². The molecule has 0 aliphatic carbocycles. The molecule has 0 radical (unpaired) electrons. The van der Waals surface area contributed by atoms with Gasteiger partial charge in [-0.05, 0) is 65.2 Å². The molecule has 3 aromatic carbocycles. The fourth-order valence-corrected chi connectivity index (χ4v) is 5.39. The Bertz CT molecular complexity index is 1350. The van der Waals surface area contributed by atoms with E-state index in [4.69, 9.17) is 16.3 Å². The van der Waals surface area contributed by atoms with Gasteiger partial charge in [-0.25, -0.2) is 22.0 Å². The Morgan fingerprint density at radius 3 is 2.08 bits per heavy atom. The van der Waals surface area contributed by atoms with Crippen LogP contribution in [0.15, 0.2) is 34.8 Å². The predicted octanol–water partition coefficient (Wildman–Crippen LogP) is 6.76. The number of carbonyl (C=O) groups is 1. The molecule has 1 saturated heterocycles. The van der Waals surface area contributed by atoms with Gasteiger partial charge in [0.15, 0.2) is 29.9 Å². The molecule has 1 heterocycles. The number of piperazine rings is 1. The Morgan fingerprint density at radius 1 is 0.921 bits per heavy atom. The van der Waals surface area contributed by atoms with E-state index in [1.807, 2.05) is 30.9 Å². The molecule has 0 atom stereocenters. The lowest BCUT2D eigenvalue weighted by Crippen LogP contribution is -2.47. The maximum absolute atomic E-state index is 14.2. The molecule has 0 bridgehead atoms. The normalized spacial score (nSPS) is 13.6. The minimum absolute atomic E-state index is 0.00149. The zero-order chi connectivity index (χ0) is 27.7. The van der Waals surface area contributed by atoms with E-state index < -0.39 is 40.7 Å². The van der Waals surface area contributed by atoms with Crippen molar-refractivity contribution >= 4 is 50.5 Å². The van der Waals surface area contributed by atoms with Crippen molar-refractivity contribution in [2.24, 2.45) is 0 Å². The van der Waals surface area contributed by atoms with E-state index in [1.165, 1.54) is 0 Å². The van der Waals surface area contributed by atoms with Crippen LogP contribution in [-0.4, -0.2) is 38.7 Å². The molecule has 1 aliphatic heterocycles. The van der Waals surface area contributed by atoms with Gasteiger partial charge in [-0.3, -0.25) is 4.79 Å². The number of nitrogens with one attached hydrogen (secondary N) is 1. The SMILES string of the molecule is Cc1cc(C)c(OCC(=O)Nc2ccc(N3CCN(c4c(F)c(F)c(F)c(F)c4F)CC3)c(Cl)c2)c(Br)c1. The lowest BCUT2D eigenvalue weighted by atomic mass is 10.1. The molecule has 202 valence electrons. The number of aryl methyl sites for hydroxylation is 2. The summed E-state index contributed by atoms with van der Waals surface area (Å²) in [5, 5.41) is 3.02. The van der Waals surface area contributed by atoms with E-state index in [1.54, 1.807) is 18.2 Å². The van der Waals surface area contributed by atoms with Crippen molar-refractivity contribution in [3.05, 3.63) is 80.0 Å². The summed E-state index contributed by atoms with van der Waals surface area (Å²) in [5.74, 6) is -9.68. The first kappa shape index (κ1) is 28.0. The highest BCUT2D eigenvalue weighted by Gasteiger charge is 2.31. The van der Waals surface area contributed by atoms with E-state index in [0.717, 1.165) is 20.5 Å². The molecule has 1 amide bonds. The number of benzene rings is 3. The maximum atomic E-state index is 14.2. The summed E-state index contributed by atoms with van der Waals surface area (Å²) in [6.45, 7) is 4.03. The van der Waals surface area contributed by atoms with Crippen molar-refractivity contribution in [2.45, 2.75) is 13.8 Å². The van der Waals surface area contributed by atoms with E-state index in [0.29, 0.717) is 22.1 Å². The Balaban J connectivity index is 1.38. The van der Waals surface area contributed by atoms with Gasteiger partial charge in [0, 0.05) is 31.9 Å². The molecular formula is C26H22BrClF5N3O2. The Labute approximate surface area is 229 Å². The summed E-state index contributed by atoms with van der Waals surface area (Å²) >= 11 is 9.87. The number of rotatable bonds is 6. The van der Waals surface area contributed by atoms with Gasteiger partial charge in [0.05, 0.1) is 15.2 Å². The van der Waals surface area contributed by atoms with Gasteiger partial charge < -0.3 is 19.9 Å². The molecule has 0 aromatic heterocycles. The molecule has 1 aliphatic rings. The second-order valence-electron chi connectivity index (χ2n) is 8.79. The molecule has 0 spiro atoms. The third-order valence-electron chi connectivity index (χ3n) is 6.08. The third kappa shape index (κ3) is 5.68.